The van der Waals surface area contributed by atoms with Gasteiger partial charge >= 0.3 is 5.97 Å². The van der Waals surface area contributed by atoms with Gasteiger partial charge in [-0.15, -0.1) is 0 Å². The van der Waals surface area contributed by atoms with Crippen LogP contribution in [0.3, 0.4) is 0 Å². The fourth-order valence-electron chi connectivity index (χ4n) is 2.46. The summed E-state index contributed by atoms with van der Waals surface area (Å²) in [6.07, 6.45) is 1.06. The highest BCUT2D eigenvalue weighted by atomic mass is 16.5. The zero-order valence-electron chi connectivity index (χ0n) is 15.4. The third-order valence-electron chi connectivity index (χ3n) is 4.55. The largest absolute Gasteiger partial charge is 0.475 e. The molecule has 0 amide bonds. The van der Waals surface area contributed by atoms with Gasteiger partial charge in [0.1, 0.15) is 23.8 Å². The molecule has 0 aliphatic heterocycles. The zero-order valence-corrected chi connectivity index (χ0v) is 15.4. The predicted octanol–water partition coefficient (Wildman–Crippen LogP) is 3.37. The Hall–Kier alpha value is -2.37. The number of aliphatic hydroxyl groups excluding tert-OH is 1. The first-order valence-electron chi connectivity index (χ1n) is 8.87. The van der Waals surface area contributed by atoms with Crippen molar-refractivity contribution in [3.8, 4) is 11.5 Å². The van der Waals surface area contributed by atoms with Crippen LogP contribution in [0.4, 0.5) is 0 Å². The molecule has 1 aliphatic carbocycles. The first-order chi connectivity index (χ1) is 12.4. The molecule has 0 saturated heterocycles. The van der Waals surface area contributed by atoms with Crippen molar-refractivity contribution < 1.29 is 19.4 Å². The average molecular weight is 355 g/mol. The van der Waals surface area contributed by atoms with Gasteiger partial charge in [0.15, 0.2) is 0 Å². The van der Waals surface area contributed by atoms with E-state index in [4.69, 9.17) is 9.47 Å². The molecule has 0 heterocycles. The van der Waals surface area contributed by atoms with E-state index in [0.29, 0.717) is 5.75 Å². The van der Waals surface area contributed by atoms with Crippen LogP contribution in [-0.4, -0.2) is 36.3 Å². The van der Waals surface area contributed by atoms with Gasteiger partial charge in [0.25, 0.3) is 0 Å². The molecule has 26 heavy (non-hydrogen) atoms. The fraction of sp³-hybridized carbons (Fsp3) is 0.381. The highest BCUT2D eigenvalue weighted by molar-refractivity contribution is 5.77. The minimum atomic E-state index is -0.747. The van der Waals surface area contributed by atoms with Gasteiger partial charge in [-0.3, -0.25) is 9.69 Å². The minimum Gasteiger partial charge on any atom is -0.475 e. The lowest BCUT2D eigenvalue weighted by atomic mass is 10.0. The van der Waals surface area contributed by atoms with Gasteiger partial charge in [-0.05, 0) is 69.3 Å². The van der Waals surface area contributed by atoms with Gasteiger partial charge in [-0.25, -0.2) is 0 Å². The Kier molecular flexibility index (Phi) is 5.59. The molecule has 2 atom stereocenters. The maximum Gasteiger partial charge on any atom is 0.314 e. The van der Waals surface area contributed by atoms with Crippen molar-refractivity contribution in [3.63, 3.8) is 0 Å². The van der Waals surface area contributed by atoms with Crippen molar-refractivity contribution in [3.05, 3.63) is 59.7 Å². The van der Waals surface area contributed by atoms with Gasteiger partial charge in [0.2, 0.25) is 0 Å². The highest BCUT2D eigenvalue weighted by Gasteiger charge is 2.31. The Labute approximate surface area is 154 Å². The molecule has 1 saturated carbocycles. The van der Waals surface area contributed by atoms with Crippen LogP contribution in [0.25, 0.3) is 0 Å². The lowest BCUT2D eigenvalue weighted by Gasteiger charge is -2.21. The molecule has 138 valence electrons. The van der Waals surface area contributed by atoms with E-state index in [-0.39, 0.29) is 18.1 Å². The van der Waals surface area contributed by atoms with Gasteiger partial charge in [0, 0.05) is 0 Å². The summed E-state index contributed by atoms with van der Waals surface area (Å²) in [5.41, 5.74) is 1.52. The molecule has 5 nitrogen and oxygen atoms in total. The number of ether oxygens (including phenoxy) is 2. The van der Waals surface area contributed by atoms with Crippen LogP contribution in [0, 0.1) is 5.92 Å². The molecule has 1 fully saturated rings. The predicted molar refractivity (Wildman–Crippen MR) is 99.1 cm³/mol. The lowest BCUT2D eigenvalue weighted by molar-refractivity contribution is -0.135. The van der Waals surface area contributed by atoms with E-state index in [9.17, 15) is 9.90 Å². The van der Waals surface area contributed by atoms with Crippen LogP contribution in [-0.2, 0) is 4.79 Å². The van der Waals surface area contributed by atoms with Crippen molar-refractivity contribution in [2.75, 3.05) is 14.1 Å². The Morgan fingerprint density at radius 2 is 1.50 bits per heavy atom. The van der Waals surface area contributed by atoms with Crippen molar-refractivity contribution in [1.29, 1.82) is 0 Å². The van der Waals surface area contributed by atoms with E-state index >= 15 is 0 Å². The monoisotopic (exact) mass is 355 g/mol. The Bertz CT molecular complexity index is 736. The molecule has 1 aliphatic rings. The highest BCUT2D eigenvalue weighted by Crippen LogP contribution is 2.31. The van der Waals surface area contributed by atoms with E-state index in [1.165, 1.54) is 0 Å². The number of esters is 1. The van der Waals surface area contributed by atoms with Gasteiger partial charge in [-0.2, -0.15) is 0 Å². The maximum atomic E-state index is 11.7. The summed E-state index contributed by atoms with van der Waals surface area (Å²) in [7, 11) is 3.91. The van der Waals surface area contributed by atoms with Crippen LogP contribution >= 0.6 is 0 Å². The second kappa shape index (κ2) is 7.89. The number of aliphatic hydroxyl groups is 1. The second-order valence-corrected chi connectivity index (χ2v) is 6.92. The van der Waals surface area contributed by atoms with Crippen molar-refractivity contribution in [2.24, 2.45) is 5.92 Å². The third-order valence-corrected chi connectivity index (χ3v) is 4.55. The summed E-state index contributed by atoms with van der Waals surface area (Å²) in [4.78, 5) is 13.7. The number of carbonyl (C=O) groups is 1. The summed E-state index contributed by atoms with van der Waals surface area (Å²) in [5, 5.41) is 10.6. The number of hydrogen-bond donors (Lipinski definition) is 1. The minimum absolute atomic E-state index is 0.0309. The summed E-state index contributed by atoms with van der Waals surface area (Å²) in [6.45, 7) is 1.97. The Morgan fingerprint density at radius 1 is 1.00 bits per heavy atom. The second-order valence-electron chi connectivity index (χ2n) is 6.92. The number of nitrogens with zero attached hydrogens (tertiary/aromatic N) is 1. The number of rotatable bonds is 7. The van der Waals surface area contributed by atoms with Crippen LogP contribution < -0.4 is 9.47 Å². The smallest absolute Gasteiger partial charge is 0.314 e. The van der Waals surface area contributed by atoms with Crippen molar-refractivity contribution in [2.45, 2.75) is 32.1 Å². The molecule has 5 heteroatoms. The number of benzene rings is 2. The van der Waals surface area contributed by atoms with Gasteiger partial charge in [0.05, 0.1) is 5.92 Å². The molecule has 2 unspecified atom stereocenters. The summed E-state index contributed by atoms with van der Waals surface area (Å²) in [5.74, 6) is 1.17. The molecule has 0 bridgehead atoms. The average Bonchev–Trinajstić information content (AvgIpc) is 3.47. The molecular weight excluding hydrogens is 330 g/mol. The molecular formula is C21H25NO4. The molecule has 0 aromatic heterocycles. The first-order valence-corrected chi connectivity index (χ1v) is 8.87. The maximum absolute atomic E-state index is 11.7. The van der Waals surface area contributed by atoms with E-state index in [1.54, 1.807) is 24.3 Å². The fourth-order valence-corrected chi connectivity index (χ4v) is 2.46. The van der Waals surface area contributed by atoms with Crippen LogP contribution in [0.1, 0.15) is 37.0 Å². The van der Waals surface area contributed by atoms with Crippen LogP contribution in [0.15, 0.2) is 48.5 Å². The van der Waals surface area contributed by atoms with Crippen LogP contribution in [0.5, 0.6) is 11.5 Å². The Balaban J connectivity index is 1.62. The van der Waals surface area contributed by atoms with Crippen molar-refractivity contribution >= 4 is 5.97 Å². The number of hydrogen-bond acceptors (Lipinski definition) is 5. The molecule has 2 aromatic carbocycles. The van der Waals surface area contributed by atoms with Gasteiger partial charge in [-0.1, -0.05) is 24.3 Å². The lowest BCUT2D eigenvalue weighted by Crippen LogP contribution is -2.30. The molecule has 0 spiro atoms. The normalized spacial score (nSPS) is 16.2. The molecule has 3 rings (SSSR count). The molecule has 1 N–H and O–H groups in total. The first kappa shape index (κ1) is 18.4. The third kappa shape index (κ3) is 4.62. The quantitative estimate of drug-likeness (QED) is 0.469. The standard InChI is InChI=1S/C21H25NO4/c1-14(22(2)3)25-18-10-6-15(7-11-18)20(23)16-8-12-19(13-9-16)26-21(24)17-4-5-17/h6-14,17,20,23H,4-5H2,1-3H3. The summed E-state index contributed by atoms with van der Waals surface area (Å²) >= 11 is 0. The SMILES string of the molecule is CC(Oc1ccc(C(O)c2ccc(OC(=O)C3CC3)cc2)cc1)N(C)C. The molecule has 0 radical (unpaired) electrons. The molecule has 2 aromatic rings. The van der Waals surface area contributed by atoms with Crippen LogP contribution in [0.2, 0.25) is 0 Å². The van der Waals surface area contributed by atoms with E-state index in [2.05, 4.69) is 0 Å². The zero-order chi connectivity index (χ0) is 18.7. The Morgan fingerprint density at radius 3 is 1.96 bits per heavy atom. The summed E-state index contributed by atoms with van der Waals surface area (Å²) < 4.78 is 11.1. The summed E-state index contributed by atoms with van der Waals surface area (Å²) in [6, 6.07) is 14.4. The van der Waals surface area contributed by atoms with E-state index in [0.717, 1.165) is 29.7 Å². The van der Waals surface area contributed by atoms with E-state index in [1.807, 2.05) is 50.2 Å². The van der Waals surface area contributed by atoms with E-state index < -0.39 is 6.10 Å². The topological polar surface area (TPSA) is 59.0 Å². The van der Waals surface area contributed by atoms with Crippen molar-refractivity contribution in [1.82, 2.24) is 4.90 Å². The number of carbonyl (C=O) groups excluding carboxylic acids is 1. The van der Waals surface area contributed by atoms with Gasteiger partial charge < -0.3 is 14.6 Å².